The highest BCUT2D eigenvalue weighted by molar-refractivity contribution is 7.99. The van der Waals surface area contributed by atoms with E-state index in [1.165, 1.54) is 16.3 Å². The van der Waals surface area contributed by atoms with Crippen LogP contribution in [0.3, 0.4) is 0 Å². The van der Waals surface area contributed by atoms with Crippen LogP contribution in [0.5, 0.6) is 0 Å². The van der Waals surface area contributed by atoms with Crippen molar-refractivity contribution in [3.8, 4) is 0 Å². The Hall–Kier alpha value is -1.83. The van der Waals surface area contributed by atoms with Gasteiger partial charge in [-0.25, -0.2) is 19.9 Å². The molecule has 106 valence electrons. The Bertz CT molecular complexity index is 675. The van der Waals surface area contributed by atoms with Gasteiger partial charge in [-0.1, -0.05) is 0 Å². The van der Waals surface area contributed by atoms with Crippen molar-refractivity contribution in [3.05, 3.63) is 22.4 Å². The topological polar surface area (TPSA) is 88.5 Å². The Morgan fingerprint density at radius 1 is 1.50 bits per heavy atom. The first-order valence-corrected chi connectivity index (χ1v) is 7.41. The molecule has 0 aliphatic heterocycles. The van der Waals surface area contributed by atoms with Crippen molar-refractivity contribution >= 4 is 17.6 Å². The van der Waals surface area contributed by atoms with Gasteiger partial charge in [0.2, 0.25) is 0 Å². The van der Waals surface area contributed by atoms with Crippen molar-refractivity contribution in [1.82, 2.24) is 24.7 Å². The lowest BCUT2D eigenvalue weighted by molar-refractivity contribution is 0.763. The largest absolute Gasteiger partial charge is 0.370 e. The van der Waals surface area contributed by atoms with E-state index < -0.39 is 0 Å². The van der Waals surface area contributed by atoms with Crippen LogP contribution in [0.2, 0.25) is 0 Å². The van der Waals surface area contributed by atoms with E-state index in [1.54, 1.807) is 7.05 Å². The van der Waals surface area contributed by atoms with E-state index in [4.69, 9.17) is 0 Å². The van der Waals surface area contributed by atoms with Crippen molar-refractivity contribution in [2.75, 3.05) is 11.9 Å². The number of nitrogens with zero attached hydrogens (tertiary/aromatic N) is 4. The van der Waals surface area contributed by atoms with Crippen LogP contribution in [-0.2, 0) is 7.05 Å². The Morgan fingerprint density at radius 2 is 2.30 bits per heavy atom. The van der Waals surface area contributed by atoms with E-state index >= 15 is 0 Å². The van der Waals surface area contributed by atoms with E-state index in [1.807, 2.05) is 13.0 Å². The van der Waals surface area contributed by atoms with Gasteiger partial charge in [0.05, 0.1) is 0 Å². The normalized spacial score (nSPS) is 14.5. The highest BCUT2D eigenvalue weighted by Gasteiger charge is 2.27. The van der Waals surface area contributed by atoms with Gasteiger partial charge in [-0.3, -0.25) is 4.57 Å². The minimum atomic E-state index is -0.226. The lowest BCUT2D eigenvalue weighted by Gasteiger charge is -2.07. The number of hydrogen-bond donors (Lipinski definition) is 2. The molecule has 0 bridgehead atoms. The Morgan fingerprint density at radius 3 is 2.90 bits per heavy atom. The summed E-state index contributed by atoms with van der Waals surface area (Å²) in [6.07, 6.45) is 2.31. The molecule has 0 radical (unpaired) electrons. The van der Waals surface area contributed by atoms with Crippen molar-refractivity contribution in [3.63, 3.8) is 0 Å². The molecule has 20 heavy (non-hydrogen) atoms. The van der Waals surface area contributed by atoms with Crippen molar-refractivity contribution in [2.45, 2.75) is 35.9 Å². The number of aromatic amines is 1. The Labute approximate surface area is 120 Å². The fourth-order valence-electron chi connectivity index (χ4n) is 1.81. The van der Waals surface area contributed by atoms with Gasteiger partial charge >= 0.3 is 5.69 Å². The molecule has 2 heterocycles. The lowest BCUT2D eigenvalue weighted by atomic mass is 10.4. The van der Waals surface area contributed by atoms with Gasteiger partial charge < -0.3 is 5.32 Å². The van der Waals surface area contributed by atoms with Gasteiger partial charge in [0, 0.05) is 25.6 Å². The van der Waals surface area contributed by atoms with E-state index in [0.717, 1.165) is 36.1 Å². The highest BCUT2D eigenvalue weighted by atomic mass is 32.2. The predicted octanol–water partition coefficient (Wildman–Crippen LogP) is 1.36. The summed E-state index contributed by atoms with van der Waals surface area (Å²) in [5, 5.41) is 11.0. The first kappa shape index (κ1) is 13.2. The van der Waals surface area contributed by atoms with E-state index in [2.05, 4.69) is 25.5 Å². The van der Waals surface area contributed by atoms with Crippen LogP contribution in [-0.4, -0.2) is 31.3 Å². The van der Waals surface area contributed by atoms with Crippen LogP contribution < -0.4 is 11.0 Å². The van der Waals surface area contributed by atoms with Crippen molar-refractivity contribution in [2.24, 2.45) is 7.05 Å². The predicted molar refractivity (Wildman–Crippen MR) is 76.1 cm³/mol. The molecular formula is C12H16N6OS. The summed E-state index contributed by atoms with van der Waals surface area (Å²) in [5.41, 5.74) is -0.226. The third-order valence-electron chi connectivity index (χ3n) is 3.05. The van der Waals surface area contributed by atoms with Crippen molar-refractivity contribution in [1.29, 1.82) is 0 Å². The van der Waals surface area contributed by atoms with Crippen LogP contribution in [0, 0.1) is 0 Å². The second-order valence-electron chi connectivity index (χ2n) is 4.73. The second kappa shape index (κ2) is 5.28. The standard InChI is InChI=1S/C12H16N6OS/c1-3-13-8-6-9(15-10(14-8)7-4-5-7)20-12-17-16-11(19)18(12)2/h6-7H,3-5H2,1-2H3,(H,16,19)(H,13,14,15). The number of H-pyrrole nitrogens is 1. The molecular weight excluding hydrogens is 276 g/mol. The summed E-state index contributed by atoms with van der Waals surface area (Å²) in [6, 6.07) is 1.89. The molecule has 0 atom stereocenters. The van der Waals surface area contributed by atoms with Gasteiger partial charge in [-0.2, -0.15) is 0 Å². The Balaban J connectivity index is 1.91. The van der Waals surface area contributed by atoms with Gasteiger partial charge in [0.15, 0.2) is 5.16 Å². The fourth-order valence-corrected chi connectivity index (χ4v) is 2.62. The molecule has 7 nitrogen and oxygen atoms in total. The summed E-state index contributed by atoms with van der Waals surface area (Å²) >= 11 is 1.36. The molecule has 2 aromatic rings. The highest BCUT2D eigenvalue weighted by Crippen LogP contribution is 2.39. The summed E-state index contributed by atoms with van der Waals surface area (Å²) in [6.45, 7) is 2.84. The number of anilines is 1. The molecule has 0 saturated heterocycles. The smallest absolute Gasteiger partial charge is 0.343 e. The maximum absolute atomic E-state index is 11.4. The zero-order valence-corrected chi connectivity index (χ0v) is 12.2. The molecule has 0 spiro atoms. The Kier molecular flexibility index (Phi) is 3.47. The molecule has 0 unspecified atom stereocenters. The number of hydrogen-bond acceptors (Lipinski definition) is 6. The summed E-state index contributed by atoms with van der Waals surface area (Å²) in [5.74, 6) is 2.19. The number of nitrogens with one attached hydrogen (secondary N) is 2. The molecule has 8 heteroatoms. The van der Waals surface area contributed by atoms with Gasteiger partial charge in [0.25, 0.3) is 0 Å². The third-order valence-corrected chi connectivity index (χ3v) is 4.02. The van der Waals surface area contributed by atoms with E-state index in [0.29, 0.717) is 11.1 Å². The lowest BCUT2D eigenvalue weighted by Crippen LogP contribution is -2.13. The van der Waals surface area contributed by atoms with E-state index in [9.17, 15) is 4.79 Å². The minimum Gasteiger partial charge on any atom is -0.370 e. The molecule has 1 saturated carbocycles. The molecule has 1 aliphatic rings. The summed E-state index contributed by atoms with van der Waals surface area (Å²) in [4.78, 5) is 20.5. The monoisotopic (exact) mass is 292 g/mol. The van der Waals surface area contributed by atoms with Crippen LogP contribution in [0.4, 0.5) is 5.82 Å². The molecule has 0 amide bonds. The number of rotatable bonds is 5. The summed E-state index contributed by atoms with van der Waals surface area (Å²) < 4.78 is 1.47. The zero-order chi connectivity index (χ0) is 14.1. The molecule has 1 aliphatic carbocycles. The first-order valence-electron chi connectivity index (χ1n) is 6.59. The van der Waals surface area contributed by atoms with Crippen LogP contribution >= 0.6 is 11.8 Å². The van der Waals surface area contributed by atoms with Gasteiger partial charge in [-0.15, -0.1) is 5.10 Å². The van der Waals surface area contributed by atoms with Crippen LogP contribution in [0.1, 0.15) is 31.5 Å². The molecule has 0 aromatic carbocycles. The molecule has 2 N–H and O–H groups in total. The second-order valence-corrected chi connectivity index (χ2v) is 5.71. The summed E-state index contributed by atoms with van der Waals surface area (Å²) in [7, 11) is 1.68. The zero-order valence-electron chi connectivity index (χ0n) is 11.4. The number of aromatic nitrogens is 5. The quantitative estimate of drug-likeness (QED) is 0.809. The maximum Gasteiger partial charge on any atom is 0.343 e. The SMILES string of the molecule is CCNc1cc(Sc2n[nH]c(=O)n2C)nc(C2CC2)n1. The molecule has 3 rings (SSSR count). The third kappa shape index (κ3) is 2.69. The first-order chi connectivity index (χ1) is 9.67. The fraction of sp³-hybridized carbons (Fsp3) is 0.500. The van der Waals surface area contributed by atoms with E-state index in [-0.39, 0.29) is 5.69 Å². The minimum absolute atomic E-state index is 0.226. The van der Waals surface area contributed by atoms with Gasteiger partial charge in [0.1, 0.15) is 16.7 Å². The van der Waals surface area contributed by atoms with Crippen LogP contribution in [0.25, 0.3) is 0 Å². The maximum atomic E-state index is 11.4. The van der Waals surface area contributed by atoms with Crippen LogP contribution in [0.15, 0.2) is 21.0 Å². The average Bonchev–Trinajstić information content (AvgIpc) is 3.22. The molecule has 1 fully saturated rings. The molecule has 2 aromatic heterocycles. The van der Waals surface area contributed by atoms with Gasteiger partial charge in [-0.05, 0) is 31.5 Å². The van der Waals surface area contributed by atoms with Crippen molar-refractivity contribution < 1.29 is 0 Å². The average molecular weight is 292 g/mol.